The van der Waals surface area contributed by atoms with Gasteiger partial charge in [0.2, 0.25) is 5.95 Å². The molecule has 218 valence electrons. The van der Waals surface area contributed by atoms with Crippen molar-refractivity contribution in [2.75, 3.05) is 36.8 Å². The van der Waals surface area contributed by atoms with Crippen LogP contribution in [-0.2, 0) is 6.54 Å². The fourth-order valence-electron chi connectivity index (χ4n) is 5.43. The van der Waals surface area contributed by atoms with Crippen molar-refractivity contribution in [3.05, 3.63) is 111 Å². The first-order valence-corrected chi connectivity index (χ1v) is 14.1. The molecule has 2 aromatic heterocycles. The van der Waals surface area contributed by atoms with Crippen molar-refractivity contribution in [1.29, 1.82) is 0 Å². The maximum atomic E-state index is 13.9. The van der Waals surface area contributed by atoms with E-state index in [4.69, 9.17) is 22.1 Å². The third-order valence-corrected chi connectivity index (χ3v) is 7.83. The van der Waals surface area contributed by atoms with Crippen molar-refractivity contribution < 1.29 is 9.53 Å². The minimum Gasteiger partial charge on any atom is -0.497 e. The van der Waals surface area contributed by atoms with Crippen LogP contribution in [0.1, 0.15) is 34.6 Å². The van der Waals surface area contributed by atoms with Gasteiger partial charge in [0.15, 0.2) is 5.82 Å². The van der Waals surface area contributed by atoms with Gasteiger partial charge in [-0.3, -0.25) is 14.2 Å². The van der Waals surface area contributed by atoms with Crippen molar-refractivity contribution in [2.45, 2.75) is 19.5 Å². The van der Waals surface area contributed by atoms with Gasteiger partial charge in [-0.2, -0.15) is 9.97 Å². The van der Waals surface area contributed by atoms with Gasteiger partial charge in [-0.15, -0.1) is 0 Å². The predicted molar refractivity (Wildman–Crippen MR) is 169 cm³/mol. The van der Waals surface area contributed by atoms with Gasteiger partial charge in [0.25, 0.3) is 11.5 Å². The molecule has 0 radical (unpaired) electrons. The van der Waals surface area contributed by atoms with Crippen molar-refractivity contribution in [3.63, 3.8) is 0 Å². The third-order valence-electron chi connectivity index (χ3n) is 7.52. The summed E-state index contributed by atoms with van der Waals surface area (Å²) in [5.41, 5.74) is 8.62. The van der Waals surface area contributed by atoms with Crippen LogP contribution >= 0.6 is 11.6 Å². The number of anilines is 3. The van der Waals surface area contributed by atoms with E-state index in [2.05, 4.69) is 15.3 Å². The highest BCUT2D eigenvalue weighted by Gasteiger charge is 2.33. The highest BCUT2D eigenvalue weighted by Crippen LogP contribution is 2.34. The number of nitrogens with one attached hydrogen (secondary N) is 1. The fraction of sp³-hybridized carbons (Fsp3) is 0.188. The summed E-state index contributed by atoms with van der Waals surface area (Å²) in [6, 6.07) is 23.9. The lowest BCUT2D eigenvalue weighted by atomic mass is 10.1. The summed E-state index contributed by atoms with van der Waals surface area (Å²) in [5.74, 6) is 1.26. The molecule has 0 saturated carbocycles. The molecule has 0 fully saturated rings. The molecule has 3 N–H and O–H groups in total. The Balaban J connectivity index is 1.44. The molecule has 0 saturated heterocycles. The number of benzene rings is 3. The lowest BCUT2D eigenvalue weighted by molar-refractivity contribution is 0.0781. The Morgan fingerprint density at radius 1 is 1.02 bits per heavy atom. The third kappa shape index (κ3) is 5.21. The molecule has 6 rings (SSSR count). The maximum absolute atomic E-state index is 13.9. The molecule has 43 heavy (non-hydrogen) atoms. The molecular weight excluding hydrogens is 566 g/mol. The normalized spacial score (nSPS) is 13.6. The average molecular weight is 596 g/mol. The number of halogens is 1. The van der Waals surface area contributed by atoms with Crippen molar-refractivity contribution in [1.82, 2.24) is 19.4 Å². The van der Waals surface area contributed by atoms with E-state index < -0.39 is 6.04 Å². The zero-order chi connectivity index (χ0) is 30.2. The summed E-state index contributed by atoms with van der Waals surface area (Å²) < 4.78 is 6.92. The number of methoxy groups -OCH3 is 1. The maximum Gasteiger partial charge on any atom is 0.264 e. The first-order valence-electron chi connectivity index (χ1n) is 13.7. The van der Waals surface area contributed by atoms with Crippen molar-refractivity contribution in [3.8, 4) is 11.4 Å². The van der Waals surface area contributed by atoms with E-state index in [-0.39, 0.29) is 23.2 Å². The van der Waals surface area contributed by atoms with Gasteiger partial charge >= 0.3 is 0 Å². The Hall–Kier alpha value is -5.09. The zero-order valence-corrected chi connectivity index (χ0v) is 24.7. The second-order valence-corrected chi connectivity index (χ2v) is 10.8. The van der Waals surface area contributed by atoms with Gasteiger partial charge in [-0.25, -0.2) is 0 Å². The number of pyridine rings is 1. The van der Waals surface area contributed by atoms with Crippen LogP contribution in [0.4, 0.5) is 17.6 Å². The molecule has 1 amide bonds. The molecule has 10 nitrogen and oxygen atoms in total. The predicted octanol–water partition coefficient (Wildman–Crippen LogP) is 5.25. The molecule has 1 aliphatic heterocycles. The molecule has 1 aliphatic rings. The molecule has 5 aromatic rings. The second kappa shape index (κ2) is 11.3. The Morgan fingerprint density at radius 2 is 1.77 bits per heavy atom. The number of nitrogens with two attached hydrogens (primary N) is 1. The lowest BCUT2D eigenvalue weighted by Gasteiger charge is -2.36. The molecule has 3 heterocycles. The lowest BCUT2D eigenvalue weighted by Crippen LogP contribution is -2.45. The number of hydrogen-bond acceptors (Lipinski definition) is 8. The molecular formula is C32H30ClN7O3. The van der Waals surface area contributed by atoms with Gasteiger partial charge in [-0.05, 0) is 54.3 Å². The molecule has 0 aliphatic carbocycles. The Morgan fingerprint density at radius 3 is 2.49 bits per heavy atom. The van der Waals surface area contributed by atoms with E-state index in [1.807, 2.05) is 84.6 Å². The van der Waals surface area contributed by atoms with Crippen LogP contribution in [0, 0.1) is 0 Å². The number of carbonyl (C=O) groups is 1. The van der Waals surface area contributed by atoms with Gasteiger partial charge < -0.3 is 25.6 Å². The van der Waals surface area contributed by atoms with Crippen LogP contribution in [0.25, 0.3) is 16.5 Å². The number of para-hydroxylation sites is 1. The van der Waals surface area contributed by atoms with Crippen LogP contribution in [0.5, 0.6) is 5.75 Å². The van der Waals surface area contributed by atoms with Crippen molar-refractivity contribution >= 4 is 45.9 Å². The van der Waals surface area contributed by atoms with Crippen molar-refractivity contribution in [2.24, 2.45) is 0 Å². The van der Waals surface area contributed by atoms with Gasteiger partial charge in [0.05, 0.1) is 30.2 Å². The first-order chi connectivity index (χ1) is 20.7. The van der Waals surface area contributed by atoms with E-state index in [1.54, 1.807) is 29.7 Å². The number of nitrogen functional groups attached to an aromatic ring is 1. The van der Waals surface area contributed by atoms with Gasteiger partial charge in [0, 0.05) is 25.0 Å². The minimum absolute atomic E-state index is 0.0243. The quantitative estimate of drug-likeness (QED) is 0.262. The standard InChI is InChI=1S/C32H30ClN7O3/c1-19(25-16-21-8-7-11-24(33)26(21)31(42)40(25)22-9-5-4-6-10-22)35-28-27-29(37-32(34)36-28)39(18-38(2)30(27)41)17-20-12-14-23(43-3)15-13-20/h4-16,19H,17-18H2,1-3H3,(H3,34,35,36,37). The average Bonchev–Trinajstić information content (AvgIpc) is 3.00. The van der Waals surface area contributed by atoms with Crippen LogP contribution in [0.3, 0.4) is 0 Å². The van der Waals surface area contributed by atoms with Crippen LogP contribution in [-0.4, -0.2) is 46.2 Å². The number of ether oxygens (including phenoxy) is 1. The largest absolute Gasteiger partial charge is 0.497 e. The topological polar surface area (TPSA) is 119 Å². The highest BCUT2D eigenvalue weighted by molar-refractivity contribution is 6.35. The monoisotopic (exact) mass is 595 g/mol. The van der Waals surface area contributed by atoms with Gasteiger partial charge in [-0.1, -0.05) is 54.1 Å². The summed E-state index contributed by atoms with van der Waals surface area (Å²) in [7, 11) is 3.36. The summed E-state index contributed by atoms with van der Waals surface area (Å²) >= 11 is 6.48. The van der Waals surface area contributed by atoms with E-state index in [1.165, 1.54) is 0 Å². The fourth-order valence-corrected chi connectivity index (χ4v) is 5.69. The number of carbonyl (C=O) groups excluding carboxylic acids is 1. The second-order valence-electron chi connectivity index (χ2n) is 10.4. The molecule has 0 bridgehead atoms. The summed E-state index contributed by atoms with van der Waals surface area (Å²) in [6.45, 7) is 2.71. The molecule has 3 aromatic carbocycles. The summed E-state index contributed by atoms with van der Waals surface area (Å²) in [6.07, 6.45) is 0. The number of nitrogens with zero attached hydrogens (tertiary/aromatic N) is 5. The summed E-state index contributed by atoms with van der Waals surface area (Å²) in [5, 5.41) is 4.89. The number of rotatable bonds is 7. The molecule has 1 atom stereocenters. The SMILES string of the molecule is COc1ccc(CN2CN(C)C(=O)c3c(NC(C)c4cc5cccc(Cl)c5c(=O)n4-c4ccccc4)nc(N)nc32)cc1. The molecule has 0 spiro atoms. The van der Waals surface area contributed by atoms with Crippen LogP contribution < -0.4 is 26.2 Å². The Bertz CT molecular complexity index is 1890. The van der Waals surface area contributed by atoms with E-state index in [0.717, 1.165) is 11.3 Å². The van der Waals surface area contributed by atoms with Gasteiger partial charge in [0.1, 0.15) is 17.1 Å². The number of fused-ring (bicyclic) bond motifs is 2. The number of hydrogen-bond donors (Lipinski definition) is 2. The van der Waals surface area contributed by atoms with E-state index in [9.17, 15) is 9.59 Å². The Labute approximate surface area is 253 Å². The number of aromatic nitrogens is 3. The first kappa shape index (κ1) is 28.0. The minimum atomic E-state index is -0.482. The smallest absolute Gasteiger partial charge is 0.264 e. The number of amides is 1. The van der Waals surface area contributed by atoms with E-state index in [0.29, 0.717) is 51.8 Å². The van der Waals surface area contributed by atoms with Crippen LogP contribution in [0.2, 0.25) is 5.02 Å². The zero-order valence-electron chi connectivity index (χ0n) is 23.9. The highest BCUT2D eigenvalue weighted by atomic mass is 35.5. The molecule has 11 heteroatoms. The molecule has 1 unspecified atom stereocenters. The summed E-state index contributed by atoms with van der Waals surface area (Å²) in [4.78, 5) is 40.0. The van der Waals surface area contributed by atoms with Crippen LogP contribution in [0.15, 0.2) is 83.7 Å². The van der Waals surface area contributed by atoms with E-state index >= 15 is 0 Å². The Kier molecular flexibility index (Phi) is 7.37.